The maximum atomic E-state index is 12.2. The van der Waals surface area contributed by atoms with Gasteiger partial charge in [-0.2, -0.15) is 0 Å². The van der Waals surface area contributed by atoms with E-state index in [1.54, 1.807) is 13.3 Å². The van der Waals surface area contributed by atoms with Crippen LogP contribution in [-0.2, 0) is 4.79 Å². The van der Waals surface area contributed by atoms with E-state index in [0.29, 0.717) is 6.04 Å². The summed E-state index contributed by atoms with van der Waals surface area (Å²) in [6.07, 6.45) is 12.2. The Bertz CT molecular complexity index is 736. The van der Waals surface area contributed by atoms with E-state index in [2.05, 4.69) is 25.2 Å². The Morgan fingerprint density at radius 1 is 1.28 bits per heavy atom. The molecule has 25 heavy (non-hydrogen) atoms. The lowest BCUT2D eigenvalue weighted by molar-refractivity contribution is -0.133. The summed E-state index contributed by atoms with van der Waals surface area (Å²) >= 11 is 0. The summed E-state index contributed by atoms with van der Waals surface area (Å²) in [6, 6.07) is 2.65. The van der Waals surface area contributed by atoms with E-state index in [1.165, 1.54) is 32.1 Å². The number of likely N-dealkylation sites (tertiary alicyclic amines) is 1. The fraction of sp³-hybridized carbons (Fsp3) is 0.632. The highest BCUT2D eigenvalue weighted by Gasteiger charge is 2.32. The molecule has 2 N–H and O–H groups in total. The molecular weight excluding hydrogens is 314 g/mol. The van der Waals surface area contributed by atoms with E-state index in [-0.39, 0.29) is 11.9 Å². The fourth-order valence-electron chi connectivity index (χ4n) is 4.59. The highest BCUT2D eigenvalue weighted by molar-refractivity contribution is 5.86. The SMILES string of the molecule is CC(=O)N1C[C@H](Nc2ncnc3[nH]ccc23)CC[C@H]1CC1CCCC1. The summed E-state index contributed by atoms with van der Waals surface area (Å²) in [5.74, 6) is 1.87. The van der Waals surface area contributed by atoms with Crippen LogP contribution in [0.3, 0.4) is 0 Å². The van der Waals surface area contributed by atoms with E-state index in [1.807, 2.05) is 12.3 Å². The molecule has 2 fully saturated rings. The molecule has 1 saturated heterocycles. The molecule has 134 valence electrons. The maximum Gasteiger partial charge on any atom is 0.219 e. The molecule has 2 atom stereocenters. The number of amides is 1. The van der Waals surface area contributed by atoms with Crippen LogP contribution >= 0.6 is 0 Å². The van der Waals surface area contributed by atoms with Crippen molar-refractivity contribution < 1.29 is 4.79 Å². The molecule has 2 aromatic heterocycles. The Kier molecular flexibility index (Phi) is 4.59. The molecule has 1 aliphatic carbocycles. The van der Waals surface area contributed by atoms with Gasteiger partial charge >= 0.3 is 0 Å². The molecule has 1 amide bonds. The summed E-state index contributed by atoms with van der Waals surface area (Å²) in [7, 11) is 0. The first kappa shape index (κ1) is 16.4. The van der Waals surface area contributed by atoms with Gasteiger partial charge in [0, 0.05) is 31.7 Å². The lowest BCUT2D eigenvalue weighted by Crippen LogP contribution is -2.50. The minimum atomic E-state index is 0.198. The van der Waals surface area contributed by atoms with E-state index >= 15 is 0 Å². The second-order valence-corrected chi connectivity index (χ2v) is 7.59. The number of anilines is 1. The number of piperidine rings is 1. The Balaban J connectivity index is 1.44. The molecular formula is C19H27N5O. The van der Waals surface area contributed by atoms with Crippen LogP contribution in [0.4, 0.5) is 5.82 Å². The van der Waals surface area contributed by atoms with Gasteiger partial charge in [-0.25, -0.2) is 9.97 Å². The number of aromatic amines is 1. The molecule has 2 aromatic rings. The number of hydrogen-bond donors (Lipinski definition) is 2. The van der Waals surface area contributed by atoms with Crippen LogP contribution in [0.5, 0.6) is 0 Å². The molecule has 0 aromatic carbocycles. The molecule has 4 rings (SSSR count). The normalized spacial score (nSPS) is 24.8. The van der Waals surface area contributed by atoms with Crippen molar-refractivity contribution in [2.45, 2.75) is 64.0 Å². The van der Waals surface area contributed by atoms with Gasteiger partial charge < -0.3 is 15.2 Å². The lowest BCUT2D eigenvalue weighted by Gasteiger charge is -2.40. The van der Waals surface area contributed by atoms with Gasteiger partial charge in [-0.3, -0.25) is 4.79 Å². The van der Waals surface area contributed by atoms with Crippen molar-refractivity contribution in [3.8, 4) is 0 Å². The Morgan fingerprint density at radius 3 is 2.92 bits per heavy atom. The van der Waals surface area contributed by atoms with Crippen molar-refractivity contribution in [1.82, 2.24) is 19.9 Å². The molecule has 0 bridgehead atoms. The third-order valence-corrected chi connectivity index (χ3v) is 5.89. The Labute approximate surface area is 148 Å². The molecule has 0 unspecified atom stereocenters. The summed E-state index contributed by atoms with van der Waals surface area (Å²) in [4.78, 5) is 26.1. The standard InChI is InChI=1S/C19H27N5O/c1-13(25)24-11-15(6-7-16(24)10-14-4-2-3-5-14)23-19-17-8-9-20-18(17)21-12-22-19/h8-9,12,14-16H,2-7,10-11H2,1H3,(H2,20,21,22,23)/t15-,16+/m1/s1. The summed E-state index contributed by atoms with van der Waals surface area (Å²) in [6.45, 7) is 2.47. The average molecular weight is 341 g/mol. The van der Waals surface area contributed by atoms with Gasteiger partial charge in [-0.05, 0) is 31.2 Å². The Morgan fingerprint density at radius 2 is 2.12 bits per heavy atom. The summed E-state index contributed by atoms with van der Waals surface area (Å²) in [5.41, 5.74) is 0.843. The minimum Gasteiger partial charge on any atom is -0.365 e. The second kappa shape index (κ2) is 7.02. The fourth-order valence-corrected chi connectivity index (χ4v) is 4.59. The highest BCUT2D eigenvalue weighted by atomic mass is 16.2. The zero-order valence-electron chi connectivity index (χ0n) is 14.9. The van der Waals surface area contributed by atoms with Gasteiger partial charge in [0.15, 0.2) is 0 Å². The van der Waals surface area contributed by atoms with Gasteiger partial charge in [0.2, 0.25) is 5.91 Å². The van der Waals surface area contributed by atoms with Gasteiger partial charge in [0.05, 0.1) is 5.39 Å². The molecule has 2 aliphatic rings. The summed E-state index contributed by atoms with van der Waals surface area (Å²) in [5, 5.41) is 4.55. The average Bonchev–Trinajstić information content (AvgIpc) is 3.28. The molecule has 3 heterocycles. The third-order valence-electron chi connectivity index (χ3n) is 5.89. The van der Waals surface area contributed by atoms with Crippen LogP contribution in [-0.4, -0.2) is 44.4 Å². The van der Waals surface area contributed by atoms with E-state index in [0.717, 1.165) is 42.2 Å². The van der Waals surface area contributed by atoms with Crippen LogP contribution in [0.25, 0.3) is 11.0 Å². The minimum absolute atomic E-state index is 0.198. The molecule has 6 nitrogen and oxygen atoms in total. The van der Waals surface area contributed by atoms with Crippen molar-refractivity contribution in [1.29, 1.82) is 0 Å². The number of carbonyl (C=O) groups excluding carboxylic acids is 1. The first-order valence-electron chi connectivity index (χ1n) is 9.52. The van der Waals surface area contributed by atoms with Gasteiger partial charge in [-0.15, -0.1) is 0 Å². The topological polar surface area (TPSA) is 73.9 Å². The first-order valence-corrected chi connectivity index (χ1v) is 9.52. The second-order valence-electron chi connectivity index (χ2n) is 7.59. The number of nitrogens with one attached hydrogen (secondary N) is 2. The highest BCUT2D eigenvalue weighted by Crippen LogP contribution is 2.33. The van der Waals surface area contributed by atoms with Gasteiger partial charge in [0.25, 0.3) is 0 Å². The number of H-pyrrole nitrogens is 1. The number of fused-ring (bicyclic) bond motifs is 1. The van der Waals surface area contributed by atoms with Crippen molar-refractivity contribution in [3.05, 3.63) is 18.6 Å². The molecule has 0 radical (unpaired) electrons. The van der Waals surface area contributed by atoms with Crippen LogP contribution in [0.15, 0.2) is 18.6 Å². The van der Waals surface area contributed by atoms with Crippen LogP contribution in [0.1, 0.15) is 51.9 Å². The zero-order valence-corrected chi connectivity index (χ0v) is 14.9. The summed E-state index contributed by atoms with van der Waals surface area (Å²) < 4.78 is 0. The monoisotopic (exact) mass is 341 g/mol. The number of hydrogen-bond acceptors (Lipinski definition) is 4. The van der Waals surface area contributed by atoms with Crippen LogP contribution < -0.4 is 5.32 Å². The van der Waals surface area contributed by atoms with E-state index < -0.39 is 0 Å². The number of aromatic nitrogens is 3. The number of nitrogens with zero attached hydrogens (tertiary/aromatic N) is 3. The number of rotatable bonds is 4. The van der Waals surface area contributed by atoms with Crippen molar-refractivity contribution in [2.75, 3.05) is 11.9 Å². The maximum absolute atomic E-state index is 12.2. The molecule has 1 saturated carbocycles. The molecule has 6 heteroatoms. The predicted octanol–water partition coefficient (Wildman–Crippen LogP) is 3.33. The smallest absolute Gasteiger partial charge is 0.219 e. The van der Waals surface area contributed by atoms with Crippen molar-refractivity contribution in [2.24, 2.45) is 5.92 Å². The van der Waals surface area contributed by atoms with E-state index in [9.17, 15) is 4.79 Å². The van der Waals surface area contributed by atoms with Gasteiger partial charge in [0.1, 0.15) is 17.8 Å². The lowest BCUT2D eigenvalue weighted by atomic mass is 9.89. The van der Waals surface area contributed by atoms with Crippen LogP contribution in [0.2, 0.25) is 0 Å². The predicted molar refractivity (Wildman–Crippen MR) is 98.3 cm³/mol. The van der Waals surface area contributed by atoms with E-state index in [4.69, 9.17) is 0 Å². The molecule has 1 aliphatic heterocycles. The quantitative estimate of drug-likeness (QED) is 0.894. The first-order chi connectivity index (χ1) is 12.2. The zero-order chi connectivity index (χ0) is 17.2. The Hall–Kier alpha value is -2.11. The van der Waals surface area contributed by atoms with Crippen molar-refractivity contribution >= 4 is 22.8 Å². The third kappa shape index (κ3) is 3.48. The number of carbonyl (C=O) groups is 1. The molecule has 0 spiro atoms. The van der Waals surface area contributed by atoms with Gasteiger partial charge in [-0.1, -0.05) is 25.7 Å². The largest absolute Gasteiger partial charge is 0.365 e. The van der Waals surface area contributed by atoms with Crippen molar-refractivity contribution in [3.63, 3.8) is 0 Å². The van der Waals surface area contributed by atoms with Crippen LogP contribution in [0, 0.1) is 5.92 Å².